The molecule has 0 saturated carbocycles. The Bertz CT molecular complexity index is 460. The third-order valence-electron chi connectivity index (χ3n) is 3.62. The molecule has 1 atom stereocenters. The summed E-state index contributed by atoms with van der Waals surface area (Å²) in [5.74, 6) is 0. The molecule has 0 radical (unpaired) electrons. The molecule has 16 heavy (non-hydrogen) atoms. The summed E-state index contributed by atoms with van der Waals surface area (Å²) >= 11 is 0. The van der Waals surface area contributed by atoms with Gasteiger partial charge in [0.2, 0.25) is 0 Å². The summed E-state index contributed by atoms with van der Waals surface area (Å²) in [5.41, 5.74) is 5.78. The lowest BCUT2D eigenvalue weighted by Gasteiger charge is -2.25. The van der Waals surface area contributed by atoms with E-state index in [0.29, 0.717) is 6.04 Å². The largest absolute Gasteiger partial charge is 0.363 e. The molecule has 82 valence electrons. The van der Waals surface area contributed by atoms with E-state index >= 15 is 0 Å². The molecular weight excluding hydrogens is 194 g/mol. The molecule has 0 aromatic heterocycles. The van der Waals surface area contributed by atoms with Crippen molar-refractivity contribution in [1.29, 1.82) is 0 Å². The van der Waals surface area contributed by atoms with Gasteiger partial charge in [0.05, 0.1) is 6.04 Å². The minimum Gasteiger partial charge on any atom is -0.363 e. The van der Waals surface area contributed by atoms with E-state index in [1.807, 2.05) is 0 Å². The monoisotopic (exact) mass is 211 g/mol. The first kappa shape index (κ1) is 9.71. The summed E-state index contributed by atoms with van der Waals surface area (Å²) in [4.78, 5) is 2.53. The highest BCUT2D eigenvalue weighted by molar-refractivity contribution is 5.56. The van der Waals surface area contributed by atoms with Crippen LogP contribution in [0.4, 0.5) is 0 Å². The maximum Gasteiger partial charge on any atom is 0.0584 e. The van der Waals surface area contributed by atoms with E-state index < -0.39 is 0 Å². The Labute approximate surface area is 97.1 Å². The van der Waals surface area contributed by atoms with Crippen molar-refractivity contribution < 1.29 is 0 Å². The Hall–Kier alpha value is -1.50. The number of hydrogen-bond acceptors (Lipinski definition) is 1. The fraction of sp³-hybridized carbons (Fsp3) is 0.333. The second-order valence-corrected chi connectivity index (χ2v) is 4.72. The van der Waals surface area contributed by atoms with E-state index in [0.717, 1.165) is 19.4 Å². The standard InChI is InChI=1S/C15H17N/c1-3-6-12-13-7-4-5-8-14(13)16-10-11(2)9-15(12)16/h3-7,14H,2,8-10H2,1H3/b6-3-. The first-order valence-corrected chi connectivity index (χ1v) is 5.97. The van der Waals surface area contributed by atoms with E-state index in [1.54, 1.807) is 0 Å². The average molecular weight is 211 g/mol. The van der Waals surface area contributed by atoms with Crippen molar-refractivity contribution in [2.24, 2.45) is 0 Å². The number of allylic oxidation sites excluding steroid dienone is 5. The van der Waals surface area contributed by atoms with E-state index in [1.165, 1.54) is 22.4 Å². The van der Waals surface area contributed by atoms with E-state index in [4.69, 9.17) is 0 Å². The number of fused-ring (bicyclic) bond motifs is 3. The second-order valence-electron chi connectivity index (χ2n) is 4.72. The number of rotatable bonds is 1. The molecule has 0 amide bonds. The van der Waals surface area contributed by atoms with Gasteiger partial charge >= 0.3 is 0 Å². The first-order valence-electron chi connectivity index (χ1n) is 5.97. The highest BCUT2D eigenvalue weighted by Gasteiger charge is 2.38. The van der Waals surface area contributed by atoms with Gasteiger partial charge < -0.3 is 4.90 Å². The van der Waals surface area contributed by atoms with Gasteiger partial charge in [0, 0.05) is 18.7 Å². The lowest BCUT2D eigenvalue weighted by Crippen LogP contribution is -2.28. The third kappa shape index (κ3) is 1.24. The second kappa shape index (κ2) is 3.51. The third-order valence-corrected chi connectivity index (χ3v) is 3.62. The molecule has 3 aliphatic rings. The van der Waals surface area contributed by atoms with Crippen molar-refractivity contribution in [3.63, 3.8) is 0 Å². The van der Waals surface area contributed by atoms with Gasteiger partial charge in [-0.1, -0.05) is 42.5 Å². The maximum absolute atomic E-state index is 4.13. The molecule has 1 fully saturated rings. The van der Waals surface area contributed by atoms with Crippen molar-refractivity contribution in [3.05, 3.63) is 59.4 Å². The molecule has 1 aliphatic carbocycles. The van der Waals surface area contributed by atoms with Crippen LogP contribution in [0.1, 0.15) is 19.8 Å². The Kier molecular flexibility index (Phi) is 2.13. The molecule has 3 rings (SSSR count). The fourth-order valence-corrected chi connectivity index (χ4v) is 2.99. The van der Waals surface area contributed by atoms with E-state index in [2.05, 4.69) is 48.8 Å². The Balaban J connectivity index is 2.11. The summed E-state index contributed by atoms with van der Waals surface area (Å²) in [6, 6.07) is 0.574. The van der Waals surface area contributed by atoms with Gasteiger partial charge in [-0.3, -0.25) is 0 Å². The van der Waals surface area contributed by atoms with Crippen LogP contribution in [0.5, 0.6) is 0 Å². The predicted octanol–water partition coefficient (Wildman–Crippen LogP) is 3.35. The van der Waals surface area contributed by atoms with Crippen LogP contribution in [0, 0.1) is 0 Å². The topological polar surface area (TPSA) is 3.24 Å². The first-order chi connectivity index (χ1) is 7.81. The molecule has 1 unspecified atom stereocenters. The molecule has 0 aromatic rings. The normalized spacial score (nSPS) is 27.8. The predicted molar refractivity (Wildman–Crippen MR) is 67.9 cm³/mol. The average Bonchev–Trinajstić information content (AvgIpc) is 2.78. The van der Waals surface area contributed by atoms with Gasteiger partial charge in [0.25, 0.3) is 0 Å². The summed E-state index contributed by atoms with van der Waals surface area (Å²) in [7, 11) is 0. The number of hydrogen-bond donors (Lipinski definition) is 0. The summed E-state index contributed by atoms with van der Waals surface area (Å²) < 4.78 is 0. The zero-order chi connectivity index (χ0) is 11.1. The van der Waals surface area contributed by atoms with Gasteiger partial charge in [0.1, 0.15) is 0 Å². The molecular formula is C15H17N. The molecule has 1 nitrogen and oxygen atoms in total. The lowest BCUT2D eigenvalue weighted by molar-refractivity contribution is 0.352. The Morgan fingerprint density at radius 3 is 3.19 bits per heavy atom. The maximum atomic E-state index is 4.13. The summed E-state index contributed by atoms with van der Waals surface area (Å²) in [5, 5.41) is 0. The van der Waals surface area contributed by atoms with E-state index in [9.17, 15) is 0 Å². The van der Waals surface area contributed by atoms with Gasteiger partial charge in [-0.25, -0.2) is 0 Å². The summed E-state index contributed by atoms with van der Waals surface area (Å²) in [6.07, 6.45) is 13.3. The minimum absolute atomic E-state index is 0.574. The molecule has 2 heterocycles. The smallest absolute Gasteiger partial charge is 0.0584 e. The lowest BCUT2D eigenvalue weighted by atomic mass is 9.93. The van der Waals surface area contributed by atoms with Gasteiger partial charge in [-0.05, 0) is 24.5 Å². The van der Waals surface area contributed by atoms with Crippen molar-refractivity contribution in [2.45, 2.75) is 25.8 Å². The van der Waals surface area contributed by atoms with E-state index in [-0.39, 0.29) is 0 Å². The zero-order valence-electron chi connectivity index (χ0n) is 9.74. The van der Waals surface area contributed by atoms with Crippen LogP contribution >= 0.6 is 0 Å². The fourth-order valence-electron chi connectivity index (χ4n) is 2.99. The highest BCUT2D eigenvalue weighted by Crippen LogP contribution is 2.44. The Morgan fingerprint density at radius 2 is 2.38 bits per heavy atom. The van der Waals surface area contributed by atoms with Crippen LogP contribution in [0.3, 0.4) is 0 Å². The van der Waals surface area contributed by atoms with Crippen molar-refractivity contribution in [1.82, 2.24) is 4.90 Å². The zero-order valence-corrected chi connectivity index (χ0v) is 9.74. The highest BCUT2D eigenvalue weighted by atomic mass is 15.2. The van der Waals surface area contributed by atoms with Crippen molar-refractivity contribution in [3.8, 4) is 0 Å². The molecule has 0 aromatic carbocycles. The van der Waals surface area contributed by atoms with Crippen LogP contribution in [0.25, 0.3) is 0 Å². The van der Waals surface area contributed by atoms with Gasteiger partial charge in [0.15, 0.2) is 0 Å². The molecule has 1 saturated heterocycles. The molecule has 0 bridgehead atoms. The quantitative estimate of drug-likeness (QED) is 0.601. The van der Waals surface area contributed by atoms with Gasteiger partial charge in [-0.2, -0.15) is 0 Å². The van der Waals surface area contributed by atoms with Crippen LogP contribution in [0.2, 0.25) is 0 Å². The SMILES string of the molecule is C=C1CC2=C(/C=C\C)C3=CC=CCC3N2C1. The molecule has 0 spiro atoms. The molecule has 1 heteroatoms. The molecule has 2 aliphatic heterocycles. The van der Waals surface area contributed by atoms with Crippen LogP contribution in [-0.4, -0.2) is 17.5 Å². The van der Waals surface area contributed by atoms with Crippen molar-refractivity contribution in [2.75, 3.05) is 6.54 Å². The van der Waals surface area contributed by atoms with Gasteiger partial charge in [-0.15, -0.1) is 0 Å². The van der Waals surface area contributed by atoms with Crippen LogP contribution in [0.15, 0.2) is 59.4 Å². The molecule has 0 N–H and O–H groups in total. The van der Waals surface area contributed by atoms with Crippen molar-refractivity contribution >= 4 is 0 Å². The summed E-state index contributed by atoms with van der Waals surface area (Å²) in [6.45, 7) is 7.27. The van der Waals surface area contributed by atoms with Crippen LogP contribution < -0.4 is 0 Å². The van der Waals surface area contributed by atoms with Crippen LogP contribution in [-0.2, 0) is 0 Å². The Morgan fingerprint density at radius 1 is 1.50 bits per heavy atom. The minimum atomic E-state index is 0.574. The number of nitrogens with zero attached hydrogens (tertiary/aromatic N) is 1.